The quantitative estimate of drug-likeness (QED) is 0.715. The molecule has 80 valence electrons. The minimum Gasteiger partial charge on any atom is -0.294 e. The van der Waals surface area contributed by atoms with Gasteiger partial charge < -0.3 is 0 Å². The molecule has 0 aromatic carbocycles. The average molecular weight is 225 g/mol. The van der Waals surface area contributed by atoms with Gasteiger partial charge in [-0.1, -0.05) is 0 Å². The number of nitrogens with zero attached hydrogens (tertiary/aromatic N) is 2. The molecule has 2 heterocycles. The number of imide groups is 1. The molecular formula is C9H11N3O2S. The van der Waals surface area contributed by atoms with Gasteiger partial charge in [-0.3, -0.25) is 19.8 Å². The van der Waals surface area contributed by atoms with Gasteiger partial charge in [-0.25, -0.2) is 4.98 Å². The van der Waals surface area contributed by atoms with Crippen LogP contribution in [0.1, 0.15) is 9.88 Å². The highest BCUT2D eigenvalue weighted by molar-refractivity contribution is 7.11. The van der Waals surface area contributed by atoms with Gasteiger partial charge in [0.05, 0.1) is 19.6 Å². The van der Waals surface area contributed by atoms with E-state index in [1.54, 1.807) is 22.4 Å². The normalized spacial score (nSPS) is 17.9. The van der Waals surface area contributed by atoms with E-state index >= 15 is 0 Å². The molecule has 0 spiro atoms. The number of hydrogen-bond donors (Lipinski definition) is 1. The van der Waals surface area contributed by atoms with Gasteiger partial charge in [-0.2, -0.15) is 0 Å². The number of thiazole rings is 1. The first kappa shape index (κ1) is 10.3. The van der Waals surface area contributed by atoms with Gasteiger partial charge in [0.15, 0.2) is 0 Å². The fraction of sp³-hybridized carbons (Fsp3) is 0.444. The van der Waals surface area contributed by atoms with E-state index in [1.807, 2.05) is 6.92 Å². The fourth-order valence-electron chi connectivity index (χ4n) is 1.47. The molecule has 0 bridgehead atoms. The van der Waals surface area contributed by atoms with E-state index in [2.05, 4.69) is 10.3 Å². The number of amides is 2. The maximum atomic E-state index is 11.1. The highest BCUT2D eigenvalue weighted by Gasteiger charge is 2.22. The monoisotopic (exact) mass is 225 g/mol. The Balaban J connectivity index is 2.00. The van der Waals surface area contributed by atoms with Crippen molar-refractivity contribution in [1.82, 2.24) is 15.2 Å². The summed E-state index contributed by atoms with van der Waals surface area (Å²) in [6.07, 6.45) is 1.80. The molecule has 2 amide bonds. The van der Waals surface area contributed by atoms with Crippen molar-refractivity contribution in [3.05, 3.63) is 16.1 Å². The zero-order chi connectivity index (χ0) is 10.8. The summed E-state index contributed by atoms with van der Waals surface area (Å²) >= 11 is 1.59. The standard InChI is InChI=1S/C9H11N3O2S/c1-6-2-10-9(15-6)5-12-3-7(13)11-8(14)4-12/h2H,3-5H2,1H3,(H,11,13,14). The Bertz CT molecular complexity index is 386. The van der Waals surface area contributed by atoms with Crippen molar-refractivity contribution in [1.29, 1.82) is 0 Å². The van der Waals surface area contributed by atoms with Crippen molar-refractivity contribution in [2.45, 2.75) is 13.5 Å². The Morgan fingerprint density at radius 3 is 2.67 bits per heavy atom. The summed E-state index contributed by atoms with van der Waals surface area (Å²) in [5.41, 5.74) is 0. The van der Waals surface area contributed by atoms with Crippen molar-refractivity contribution in [3.8, 4) is 0 Å². The number of rotatable bonds is 2. The van der Waals surface area contributed by atoms with Crippen molar-refractivity contribution in [3.63, 3.8) is 0 Å². The Kier molecular flexibility index (Phi) is 2.79. The molecular weight excluding hydrogens is 214 g/mol. The first-order valence-corrected chi connectivity index (χ1v) is 5.41. The molecule has 1 fully saturated rings. The molecule has 1 saturated heterocycles. The number of aromatic nitrogens is 1. The lowest BCUT2D eigenvalue weighted by molar-refractivity contribution is -0.136. The fourth-order valence-corrected chi connectivity index (χ4v) is 2.30. The molecule has 0 saturated carbocycles. The smallest absolute Gasteiger partial charge is 0.240 e. The predicted molar refractivity (Wildman–Crippen MR) is 55.3 cm³/mol. The van der Waals surface area contributed by atoms with Crippen LogP contribution in [0.3, 0.4) is 0 Å². The molecule has 0 unspecified atom stereocenters. The van der Waals surface area contributed by atoms with Crippen LogP contribution in [0.5, 0.6) is 0 Å². The third-order valence-electron chi connectivity index (χ3n) is 2.04. The molecule has 2 rings (SSSR count). The number of hydrogen-bond acceptors (Lipinski definition) is 5. The molecule has 1 aliphatic heterocycles. The van der Waals surface area contributed by atoms with E-state index in [0.29, 0.717) is 6.54 Å². The maximum absolute atomic E-state index is 11.1. The van der Waals surface area contributed by atoms with Crippen LogP contribution in [0.25, 0.3) is 0 Å². The summed E-state index contributed by atoms with van der Waals surface area (Å²) in [6.45, 7) is 3.08. The second kappa shape index (κ2) is 4.08. The zero-order valence-corrected chi connectivity index (χ0v) is 9.13. The van der Waals surface area contributed by atoms with Gasteiger partial charge in [0.2, 0.25) is 11.8 Å². The average Bonchev–Trinajstić information content (AvgIpc) is 2.49. The molecule has 0 aliphatic carbocycles. The highest BCUT2D eigenvalue weighted by Crippen LogP contribution is 2.13. The van der Waals surface area contributed by atoms with Gasteiger partial charge in [0.25, 0.3) is 0 Å². The summed E-state index contributed by atoms with van der Waals surface area (Å²) in [4.78, 5) is 29.3. The molecule has 15 heavy (non-hydrogen) atoms. The van der Waals surface area contributed by atoms with E-state index in [0.717, 1.165) is 9.88 Å². The lowest BCUT2D eigenvalue weighted by Crippen LogP contribution is -2.50. The van der Waals surface area contributed by atoms with E-state index in [9.17, 15) is 9.59 Å². The summed E-state index contributed by atoms with van der Waals surface area (Å²) in [5, 5.41) is 3.20. The minimum absolute atomic E-state index is 0.237. The lowest BCUT2D eigenvalue weighted by Gasteiger charge is -2.23. The van der Waals surface area contributed by atoms with Crippen molar-refractivity contribution >= 4 is 23.2 Å². The number of carbonyl (C=O) groups is 2. The number of aryl methyl sites for hydroxylation is 1. The Morgan fingerprint density at radius 2 is 2.13 bits per heavy atom. The van der Waals surface area contributed by atoms with Crippen LogP contribution in [0.2, 0.25) is 0 Å². The third-order valence-corrected chi connectivity index (χ3v) is 2.94. The molecule has 0 radical (unpaired) electrons. The van der Waals surface area contributed by atoms with Gasteiger partial charge in [0, 0.05) is 11.1 Å². The van der Waals surface area contributed by atoms with E-state index in [1.165, 1.54) is 0 Å². The van der Waals surface area contributed by atoms with Crippen LogP contribution in [0, 0.1) is 6.92 Å². The zero-order valence-electron chi connectivity index (χ0n) is 8.32. The van der Waals surface area contributed by atoms with Crippen LogP contribution in [-0.4, -0.2) is 34.8 Å². The molecule has 5 nitrogen and oxygen atoms in total. The second-order valence-corrected chi connectivity index (χ2v) is 4.80. The van der Waals surface area contributed by atoms with Crippen molar-refractivity contribution < 1.29 is 9.59 Å². The number of nitrogens with one attached hydrogen (secondary N) is 1. The SMILES string of the molecule is Cc1cnc(CN2CC(=O)NC(=O)C2)s1. The van der Waals surface area contributed by atoms with Crippen LogP contribution < -0.4 is 5.32 Å². The van der Waals surface area contributed by atoms with Gasteiger partial charge in [-0.15, -0.1) is 11.3 Å². The van der Waals surface area contributed by atoms with Crippen LogP contribution in [0.15, 0.2) is 6.20 Å². The predicted octanol–water partition coefficient (Wildman–Crippen LogP) is -0.0901. The van der Waals surface area contributed by atoms with Crippen LogP contribution in [0.4, 0.5) is 0 Å². The van der Waals surface area contributed by atoms with Crippen molar-refractivity contribution in [2.75, 3.05) is 13.1 Å². The molecule has 1 aromatic heterocycles. The van der Waals surface area contributed by atoms with Gasteiger partial charge >= 0.3 is 0 Å². The van der Waals surface area contributed by atoms with Crippen LogP contribution in [-0.2, 0) is 16.1 Å². The van der Waals surface area contributed by atoms with E-state index in [4.69, 9.17) is 0 Å². The number of carbonyl (C=O) groups excluding carboxylic acids is 2. The summed E-state index contributed by atoms with van der Waals surface area (Å²) in [6, 6.07) is 0. The largest absolute Gasteiger partial charge is 0.294 e. The van der Waals surface area contributed by atoms with Gasteiger partial charge in [-0.05, 0) is 6.92 Å². The van der Waals surface area contributed by atoms with Crippen molar-refractivity contribution in [2.24, 2.45) is 0 Å². The molecule has 0 atom stereocenters. The summed E-state index contributed by atoms with van der Waals surface area (Å²) in [7, 11) is 0. The van der Waals surface area contributed by atoms with E-state index < -0.39 is 0 Å². The maximum Gasteiger partial charge on any atom is 0.240 e. The van der Waals surface area contributed by atoms with Crippen LogP contribution >= 0.6 is 11.3 Å². The lowest BCUT2D eigenvalue weighted by atomic mass is 10.3. The van der Waals surface area contributed by atoms with Gasteiger partial charge in [0.1, 0.15) is 5.01 Å². The highest BCUT2D eigenvalue weighted by atomic mass is 32.1. The number of piperazine rings is 1. The molecule has 1 aliphatic rings. The second-order valence-electron chi connectivity index (χ2n) is 3.48. The molecule has 1 aromatic rings. The topological polar surface area (TPSA) is 62.3 Å². The minimum atomic E-state index is -0.237. The summed E-state index contributed by atoms with van der Waals surface area (Å²) in [5.74, 6) is -0.473. The molecule has 1 N–H and O–H groups in total. The van der Waals surface area contributed by atoms with E-state index in [-0.39, 0.29) is 24.9 Å². The summed E-state index contributed by atoms with van der Waals surface area (Å²) < 4.78 is 0. The Hall–Kier alpha value is -1.27. The Morgan fingerprint density at radius 1 is 1.47 bits per heavy atom. The first-order chi connectivity index (χ1) is 7.13. The first-order valence-electron chi connectivity index (χ1n) is 4.60. The Labute approximate surface area is 91.1 Å². The molecule has 6 heteroatoms. The third kappa shape index (κ3) is 2.60.